The van der Waals surface area contributed by atoms with Crippen LogP contribution in [0.2, 0.25) is 5.02 Å². The highest BCUT2D eigenvalue weighted by molar-refractivity contribution is 6.30. The molecule has 0 bridgehead atoms. The maximum Gasteiger partial charge on any atom is 0.220 e. The Bertz CT molecular complexity index is 1070. The van der Waals surface area contributed by atoms with Gasteiger partial charge in [-0.15, -0.1) is 0 Å². The van der Waals surface area contributed by atoms with Gasteiger partial charge in [0.1, 0.15) is 17.1 Å². The van der Waals surface area contributed by atoms with Crippen LogP contribution in [0.15, 0.2) is 42.5 Å². The topological polar surface area (TPSA) is 84.9 Å². The van der Waals surface area contributed by atoms with Crippen molar-refractivity contribution in [3.63, 3.8) is 0 Å². The van der Waals surface area contributed by atoms with Crippen LogP contribution in [-0.4, -0.2) is 42.7 Å². The van der Waals surface area contributed by atoms with E-state index in [-0.39, 0.29) is 30.6 Å². The van der Waals surface area contributed by atoms with Crippen molar-refractivity contribution in [3.8, 4) is 23.3 Å². The van der Waals surface area contributed by atoms with Gasteiger partial charge in [0.2, 0.25) is 5.91 Å². The SMILES string of the molecule is COc1ccc(OC)c(C(=O)CCC(=O)NC2CCCC(O)(C#Cc3cccc(Cl)c3)C2)c1. The number of aliphatic hydroxyl groups is 1. The zero-order valence-corrected chi connectivity index (χ0v) is 19.6. The normalized spacial score (nSPS) is 19.7. The lowest BCUT2D eigenvalue weighted by Gasteiger charge is -2.33. The Morgan fingerprint density at radius 3 is 2.73 bits per heavy atom. The average Bonchev–Trinajstić information content (AvgIpc) is 2.81. The molecule has 33 heavy (non-hydrogen) atoms. The van der Waals surface area contributed by atoms with E-state index in [0.29, 0.717) is 34.9 Å². The summed E-state index contributed by atoms with van der Waals surface area (Å²) in [6.45, 7) is 0. The fraction of sp³-hybridized carbons (Fsp3) is 0.385. The van der Waals surface area contributed by atoms with Crippen LogP contribution in [0.4, 0.5) is 0 Å². The second-order valence-electron chi connectivity index (χ2n) is 8.14. The van der Waals surface area contributed by atoms with E-state index in [1.54, 1.807) is 30.3 Å². The van der Waals surface area contributed by atoms with Crippen LogP contribution in [0, 0.1) is 11.8 Å². The smallest absolute Gasteiger partial charge is 0.220 e. The highest BCUT2D eigenvalue weighted by Crippen LogP contribution is 2.29. The number of carbonyl (C=O) groups is 2. The van der Waals surface area contributed by atoms with Crippen molar-refractivity contribution in [1.29, 1.82) is 0 Å². The van der Waals surface area contributed by atoms with Crippen LogP contribution in [0.1, 0.15) is 54.4 Å². The summed E-state index contributed by atoms with van der Waals surface area (Å²) in [5.41, 5.74) is -0.0657. The zero-order chi connectivity index (χ0) is 23.8. The third kappa shape index (κ3) is 6.98. The van der Waals surface area contributed by atoms with Crippen molar-refractivity contribution in [2.75, 3.05) is 14.2 Å². The molecule has 1 aliphatic rings. The first kappa shape index (κ1) is 24.6. The fourth-order valence-electron chi connectivity index (χ4n) is 3.94. The Morgan fingerprint density at radius 1 is 1.18 bits per heavy atom. The van der Waals surface area contributed by atoms with Gasteiger partial charge in [-0.3, -0.25) is 9.59 Å². The van der Waals surface area contributed by atoms with Crippen LogP contribution in [0.3, 0.4) is 0 Å². The number of carbonyl (C=O) groups excluding carboxylic acids is 2. The molecule has 0 heterocycles. The van der Waals surface area contributed by atoms with Gasteiger partial charge in [0.15, 0.2) is 5.78 Å². The number of halogens is 1. The lowest BCUT2D eigenvalue weighted by Crippen LogP contribution is -2.45. The van der Waals surface area contributed by atoms with Crippen LogP contribution >= 0.6 is 11.6 Å². The molecule has 0 saturated heterocycles. The molecular weight excluding hydrogens is 442 g/mol. The van der Waals surface area contributed by atoms with E-state index in [9.17, 15) is 14.7 Å². The summed E-state index contributed by atoms with van der Waals surface area (Å²) < 4.78 is 10.4. The molecule has 2 N–H and O–H groups in total. The van der Waals surface area contributed by atoms with Gasteiger partial charge in [0, 0.05) is 35.9 Å². The minimum atomic E-state index is -1.18. The van der Waals surface area contributed by atoms with Gasteiger partial charge in [0.05, 0.1) is 19.8 Å². The molecule has 2 aromatic carbocycles. The third-order valence-electron chi connectivity index (χ3n) is 5.64. The number of Topliss-reactive ketones (excluding diaryl/α,β-unsaturated/α-hetero) is 1. The summed E-state index contributed by atoms with van der Waals surface area (Å²) in [7, 11) is 3.01. The Balaban J connectivity index is 1.56. The Morgan fingerprint density at radius 2 is 2.00 bits per heavy atom. The van der Waals surface area contributed by atoms with E-state index < -0.39 is 5.60 Å². The number of benzene rings is 2. The standard InChI is InChI=1S/C26H28ClNO5/c1-32-21-8-10-24(33-2)22(16-21)23(29)9-11-25(30)28-20-7-4-13-26(31,17-20)14-12-18-5-3-6-19(27)15-18/h3,5-6,8,10,15-16,20,31H,4,7,9,11,13,17H2,1-2H3,(H,28,30). The molecule has 7 heteroatoms. The first-order chi connectivity index (χ1) is 15.8. The molecule has 2 atom stereocenters. The molecule has 3 rings (SSSR count). The van der Waals surface area contributed by atoms with E-state index in [1.807, 2.05) is 12.1 Å². The Labute approximate surface area is 199 Å². The van der Waals surface area contributed by atoms with Crippen molar-refractivity contribution in [2.24, 2.45) is 0 Å². The average molecular weight is 470 g/mol. The van der Waals surface area contributed by atoms with Gasteiger partial charge in [-0.05, 0) is 55.7 Å². The summed E-state index contributed by atoms with van der Waals surface area (Å²) in [5, 5.41) is 14.5. The maximum absolute atomic E-state index is 12.7. The lowest BCUT2D eigenvalue weighted by molar-refractivity contribution is -0.122. The van der Waals surface area contributed by atoms with E-state index in [1.165, 1.54) is 14.2 Å². The van der Waals surface area contributed by atoms with Crippen molar-refractivity contribution in [1.82, 2.24) is 5.32 Å². The molecule has 0 aromatic heterocycles. The van der Waals surface area contributed by atoms with Crippen LogP contribution in [0.5, 0.6) is 11.5 Å². The summed E-state index contributed by atoms with van der Waals surface area (Å²) in [6.07, 6.45) is 2.46. The number of methoxy groups -OCH3 is 2. The van der Waals surface area contributed by atoms with Gasteiger partial charge in [0.25, 0.3) is 0 Å². The number of hydrogen-bond acceptors (Lipinski definition) is 5. The van der Waals surface area contributed by atoms with Crippen LogP contribution < -0.4 is 14.8 Å². The molecule has 174 valence electrons. The summed E-state index contributed by atoms with van der Waals surface area (Å²) in [4.78, 5) is 25.2. The Kier molecular flexibility index (Phi) is 8.37. The predicted molar refractivity (Wildman–Crippen MR) is 127 cm³/mol. The number of nitrogens with one attached hydrogen (secondary N) is 1. The predicted octanol–water partition coefficient (Wildman–Crippen LogP) is 4.16. The number of hydrogen-bond donors (Lipinski definition) is 2. The molecule has 1 fully saturated rings. The van der Waals surface area contributed by atoms with Gasteiger partial charge >= 0.3 is 0 Å². The highest BCUT2D eigenvalue weighted by Gasteiger charge is 2.33. The largest absolute Gasteiger partial charge is 0.497 e. The van der Waals surface area contributed by atoms with Crippen molar-refractivity contribution < 1.29 is 24.2 Å². The van der Waals surface area contributed by atoms with Gasteiger partial charge in [-0.1, -0.05) is 29.5 Å². The summed E-state index contributed by atoms with van der Waals surface area (Å²) in [5.74, 6) is 6.49. The zero-order valence-electron chi connectivity index (χ0n) is 18.8. The first-order valence-electron chi connectivity index (χ1n) is 10.9. The van der Waals surface area contributed by atoms with E-state index in [0.717, 1.165) is 18.4 Å². The minimum absolute atomic E-state index is 0.0426. The Hall–Kier alpha value is -3.01. The number of rotatable bonds is 7. The maximum atomic E-state index is 12.7. The lowest BCUT2D eigenvalue weighted by atomic mass is 9.82. The molecule has 0 spiro atoms. The van der Waals surface area contributed by atoms with Crippen molar-refractivity contribution in [2.45, 2.75) is 50.2 Å². The summed E-state index contributed by atoms with van der Waals surface area (Å²) >= 11 is 5.99. The number of ketones is 1. The molecule has 2 unspecified atom stereocenters. The number of ether oxygens (including phenoxy) is 2. The summed E-state index contributed by atoms with van der Waals surface area (Å²) in [6, 6.07) is 11.9. The second kappa shape index (κ2) is 11.2. The van der Waals surface area contributed by atoms with Gasteiger partial charge < -0.3 is 19.9 Å². The second-order valence-corrected chi connectivity index (χ2v) is 8.58. The van der Waals surface area contributed by atoms with Crippen molar-refractivity contribution >= 4 is 23.3 Å². The molecule has 2 aromatic rings. The molecule has 1 aliphatic carbocycles. The molecule has 0 aliphatic heterocycles. The number of amides is 1. The molecule has 6 nitrogen and oxygen atoms in total. The first-order valence-corrected chi connectivity index (χ1v) is 11.3. The molecular formula is C26H28ClNO5. The third-order valence-corrected chi connectivity index (χ3v) is 5.88. The van der Waals surface area contributed by atoms with E-state index in [4.69, 9.17) is 21.1 Å². The van der Waals surface area contributed by atoms with Crippen LogP contribution in [0.25, 0.3) is 0 Å². The quantitative estimate of drug-likeness (QED) is 0.470. The monoisotopic (exact) mass is 469 g/mol. The molecule has 0 radical (unpaired) electrons. The minimum Gasteiger partial charge on any atom is -0.497 e. The van der Waals surface area contributed by atoms with Gasteiger partial charge in [-0.25, -0.2) is 0 Å². The van der Waals surface area contributed by atoms with Crippen molar-refractivity contribution in [3.05, 3.63) is 58.6 Å². The fourth-order valence-corrected chi connectivity index (χ4v) is 4.13. The van der Waals surface area contributed by atoms with E-state index in [2.05, 4.69) is 17.2 Å². The molecule has 1 saturated carbocycles. The van der Waals surface area contributed by atoms with Crippen LogP contribution in [-0.2, 0) is 4.79 Å². The highest BCUT2D eigenvalue weighted by atomic mass is 35.5. The van der Waals surface area contributed by atoms with E-state index >= 15 is 0 Å². The van der Waals surface area contributed by atoms with Gasteiger partial charge in [-0.2, -0.15) is 0 Å². The molecule has 1 amide bonds.